The Bertz CT molecular complexity index is 552. The Kier molecular flexibility index (Phi) is 4.31. The van der Waals surface area contributed by atoms with Crippen LogP contribution in [0.15, 0.2) is 54.6 Å². The molecular formula is C16H18N2O. The molecule has 19 heavy (non-hydrogen) atoms. The minimum atomic E-state index is 0.00370. The molecule has 2 N–H and O–H groups in total. The van der Waals surface area contributed by atoms with Gasteiger partial charge in [-0.05, 0) is 36.8 Å². The van der Waals surface area contributed by atoms with Gasteiger partial charge in [0.05, 0.1) is 0 Å². The number of para-hydroxylation sites is 1. The zero-order valence-electron chi connectivity index (χ0n) is 11.0. The number of nitrogens with two attached hydrogens (primary N) is 1. The first-order chi connectivity index (χ1) is 9.26. The van der Waals surface area contributed by atoms with Gasteiger partial charge in [-0.3, -0.25) is 4.79 Å². The quantitative estimate of drug-likeness (QED) is 0.912. The number of benzene rings is 2. The SMILES string of the molecule is CCN(C(=O)c1cccc(CN)c1)c1ccccc1. The van der Waals surface area contributed by atoms with Crippen LogP contribution in [0.5, 0.6) is 0 Å². The molecule has 0 fully saturated rings. The molecule has 0 aliphatic heterocycles. The van der Waals surface area contributed by atoms with Crippen LogP contribution in [0.4, 0.5) is 5.69 Å². The van der Waals surface area contributed by atoms with E-state index >= 15 is 0 Å². The van der Waals surface area contributed by atoms with Crippen molar-refractivity contribution in [3.63, 3.8) is 0 Å². The van der Waals surface area contributed by atoms with Crippen LogP contribution in [0.3, 0.4) is 0 Å². The topological polar surface area (TPSA) is 46.3 Å². The van der Waals surface area contributed by atoms with Crippen molar-refractivity contribution in [1.29, 1.82) is 0 Å². The number of carbonyl (C=O) groups is 1. The van der Waals surface area contributed by atoms with E-state index in [1.165, 1.54) is 0 Å². The van der Waals surface area contributed by atoms with Crippen LogP contribution in [-0.2, 0) is 6.54 Å². The van der Waals surface area contributed by atoms with E-state index in [2.05, 4.69) is 0 Å². The average molecular weight is 254 g/mol. The highest BCUT2D eigenvalue weighted by Gasteiger charge is 2.15. The summed E-state index contributed by atoms with van der Waals surface area (Å²) in [5.74, 6) is 0.00370. The van der Waals surface area contributed by atoms with E-state index in [1.807, 2.05) is 61.5 Å². The van der Waals surface area contributed by atoms with Crippen LogP contribution in [-0.4, -0.2) is 12.5 Å². The molecule has 0 saturated carbocycles. The van der Waals surface area contributed by atoms with Gasteiger partial charge in [-0.25, -0.2) is 0 Å². The highest BCUT2D eigenvalue weighted by atomic mass is 16.2. The lowest BCUT2D eigenvalue weighted by molar-refractivity contribution is 0.0988. The van der Waals surface area contributed by atoms with Gasteiger partial charge in [0.1, 0.15) is 0 Å². The molecule has 2 aromatic carbocycles. The van der Waals surface area contributed by atoms with Gasteiger partial charge in [0.15, 0.2) is 0 Å². The maximum absolute atomic E-state index is 12.5. The molecule has 0 atom stereocenters. The highest BCUT2D eigenvalue weighted by Crippen LogP contribution is 2.17. The van der Waals surface area contributed by atoms with Gasteiger partial charge < -0.3 is 10.6 Å². The Morgan fingerprint density at radius 2 is 1.84 bits per heavy atom. The van der Waals surface area contributed by atoms with Crippen LogP contribution in [0.25, 0.3) is 0 Å². The molecular weight excluding hydrogens is 236 g/mol. The number of hydrogen-bond donors (Lipinski definition) is 1. The monoisotopic (exact) mass is 254 g/mol. The molecule has 2 rings (SSSR count). The molecule has 3 nitrogen and oxygen atoms in total. The molecule has 0 spiro atoms. The summed E-state index contributed by atoms with van der Waals surface area (Å²) in [5, 5.41) is 0. The molecule has 0 saturated heterocycles. The van der Waals surface area contributed by atoms with Gasteiger partial charge in [-0.1, -0.05) is 30.3 Å². The number of carbonyl (C=O) groups excluding carboxylic acids is 1. The second-order valence-electron chi connectivity index (χ2n) is 4.29. The Morgan fingerprint density at radius 1 is 1.11 bits per heavy atom. The van der Waals surface area contributed by atoms with E-state index < -0.39 is 0 Å². The van der Waals surface area contributed by atoms with Gasteiger partial charge in [0.2, 0.25) is 0 Å². The number of rotatable bonds is 4. The number of amides is 1. The lowest BCUT2D eigenvalue weighted by Gasteiger charge is -2.21. The van der Waals surface area contributed by atoms with Crippen molar-refractivity contribution in [3.05, 3.63) is 65.7 Å². The third-order valence-electron chi connectivity index (χ3n) is 3.04. The summed E-state index contributed by atoms with van der Waals surface area (Å²) in [6, 6.07) is 17.2. The Morgan fingerprint density at radius 3 is 2.47 bits per heavy atom. The van der Waals surface area contributed by atoms with Gasteiger partial charge in [0.25, 0.3) is 5.91 Å². The summed E-state index contributed by atoms with van der Waals surface area (Å²) < 4.78 is 0. The molecule has 0 bridgehead atoms. The van der Waals surface area contributed by atoms with Gasteiger partial charge in [-0.2, -0.15) is 0 Å². The van der Waals surface area contributed by atoms with Gasteiger partial charge in [-0.15, -0.1) is 0 Å². The summed E-state index contributed by atoms with van der Waals surface area (Å²) in [6.07, 6.45) is 0. The molecule has 0 radical (unpaired) electrons. The van der Waals surface area contributed by atoms with E-state index in [0.29, 0.717) is 18.7 Å². The number of anilines is 1. The molecule has 2 aromatic rings. The van der Waals surface area contributed by atoms with Crippen molar-refractivity contribution in [1.82, 2.24) is 0 Å². The van der Waals surface area contributed by atoms with Crippen LogP contribution >= 0.6 is 0 Å². The van der Waals surface area contributed by atoms with Crippen LogP contribution in [0.1, 0.15) is 22.8 Å². The summed E-state index contributed by atoms with van der Waals surface area (Å²) in [5.41, 5.74) is 8.17. The van der Waals surface area contributed by atoms with Crippen molar-refractivity contribution < 1.29 is 4.79 Å². The fourth-order valence-corrected chi connectivity index (χ4v) is 2.04. The lowest BCUT2D eigenvalue weighted by Crippen LogP contribution is -2.30. The first-order valence-corrected chi connectivity index (χ1v) is 6.42. The maximum Gasteiger partial charge on any atom is 0.258 e. The third kappa shape index (κ3) is 3.01. The first-order valence-electron chi connectivity index (χ1n) is 6.42. The average Bonchev–Trinajstić information content (AvgIpc) is 2.49. The van der Waals surface area contributed by atoms with E-state index in [4.69, 9.17) is 5.73 Å². The van der Waals surface area contributed by atoms with E-state index in [9.17, 15) is 4.79 Å². The van der Waals surface area contributed by atoms with Gasteiger partial charge >= 0.3 is 0 Å². The fourth-order valence-electron chi connectivity index (χ4n) is 2.04. The summed E-state index contributed by atoms with van der Waals surface area (Å²) in [6.45, 7) is 3.05. The minimum absolute atomic E-state index is 0.00370. The largest absolute Gasteiger partial charge is 0.326 e. The highest BCUT2D eigenvalue weighted by molar-refractivity contribution is 6.06. The third-order valence-corrected chi connectivity index (χ3v) is 3.04. The Balaban J connectivity index is 2.30. The predicted octanol–water partition coefficient (Wildman–Crippen LogP) is 2.81. The molecule has 0 aliphatic rings. The van der Waals surface area contributed by atoms with Crippen LogP contribution < -0.4 is 10.6 Å². The molecule has 1 amide bonds. The Hall–Kier alpha value is -2.13. The minimum Gasteiger partial charge on any atom is -0.326 e. The standard InChI is InChI=1S/C16H18N2O/c1-2-18(15-9-4-3-5-10-15)16(19)14-8-6-7-13(11-14)12-17/h3-11H,2,12,17H2,1H3. The summed E-state index contributed by atoms with van der Waals surface area (Å²) in [7, 11) is 0. The van der Waals surface area contributed by atoms with Crippen molar-refractivity contribution >= 4 is 11.6 Å². The Labute approximate surface area is 113 Å². The van der Waals surface area contributed by atoms with Crippen molar-refractivity contribution in [2.75, 3.05) is 11.4 Å². The first kappa shape index (κ1) is 13.3. The molecule has 0 aromatic heterocycles. The second kappa shape index (κ2) is 6.16. The van der Waals surface area contributed by atoms with E-state index in [-0.39, 0.29) is 5.91 Å². The molecule has 0 unspecified atom stereocenters. The second-order valence-corrected chi connectivity index (χ2v) is 4.29. The maximum atomic E-state index is 12.5. The molecule has 0 aliphatic carbocycles. The zero-order chi connectivity index (χ0) is 13.7. The van der Waals surface area contributed by atoms with Crippen molar-refractivity contribution in [3.8, 4) is 0 Å². The predicted molar refractivity (Wildman–Crippen MR) is 78.1 cm³/mol. The molecule has 0 heterocycles. The van der Waals surface area contributed by atoms with E-state index in [0.717, 1.165) is 11.3 Å². The summed E-state index contributed by atoms with van der Waals surface area (Å²) in [4.78, 5) is 14.3. The number of hydrogen-bond acceptors (Lipinski definition) is 2. The molecule has 3 heteroatoms. The smallest absolute Gasteiger partial charge is 0.258 e. The van der Waals surface area contributed by atoms with E-state index in [1.54, 1.807) is 4.90 Å². The van der Waals surface area contributed by atoms with Crippen LogP contribution in [0, 0.1) is 0 Å². The van der Waals surface area contributed by atoms with Crippen molar-refractivity contribution in [2.45, 2.75) is 13.5 Å². The fraction of sp³-hybridized carbons (Fsp3) is 0.188. The van der Waals surface area contributed by atoms with Crippen LogP contribution in [0.2, 0.25) is 0 Å². The zero-order valence-corrected chi connectivity index (χ0v) is 11.0. The normalized spacial score (nSPS) is 10.2. The van der Waals surface area contributed by atoms with Crippen molar-refractivity contribution in [2.24, 2.45) is 5.73 Å². The number of nitrogens with zero attached hydrogens (tertiary/aromatic N) is 1. The lowest BCUT2D eigenvalue weighted by atomic mass is 10.1. The van der Waals surface area contributed by atoms with Gasteiger partial charge in [0, 0.05) is 24.3 Å². The molecule has 98 valence electrons. The summed E-state index contributed by atoms with van der Waals surface area (Å²) >= 11 is 0.